The number of fused-ring (bicyclic) bond motifs is 1. The summed E-state index contributed by atoms with van der Waals surface area (Å²) in [5, 5.41) is 0. The summed E-state index contributed by atoms with van der Waals surface area (Å²) < 4.78 is 0. The van der Waals surface area contributed by atoms with Crippen molar-refractivity contribution in [3.63, 3.8) is 0 Å². The Balaban J connectivity index is 1.69. The summed E-state index contributed by atoms with van der Waals surface area (Å²) in [5.41, 5.74) is 3.48. The summed E-state index contributed by atoms with van der Waals surface area (Å²) >= 11 is 0. The van der Waals surface area contributed by atoms with Crippen LogP contribution in [0.25, 0.3) is 0 Å². The Morgan fingerprint density at radius 3 is 2.68 bits per heavy atom. The molecule has 3 rings (SSSR count). The Morgan fingerprint density at radius 2 is 1.95 bits per heavy atom. The van der Waals surface area contributed by atoms with Crippen LogP contribution in [0.5, 0.6) is 0 Å². The fourth-order valence-electron chi connectivity index (χ4n) is 3.94. The van der Waals surface area contributed by atoms with E-state index >= 15 is 0 Å². The lowest BCUT2D eigenvalue weighted by Crippen LogP contribution is -2.27. The topological polar surface area (TPSA) is 37.4 Å². The average molecular weight is 299 g/mol. The zero-order chi connectivity index (χ0) is 15.5. The Hall–Kier alpha value is -1.64. The number of Topliss-reactive ketones (excluding diaryl/α,β-unsaturated/α-hetero) is 1. The number of amides is 1. The van der Waals surface area contributed by atoms with Gasteiger partial charge in [0, 0.05) is 25.8 Å². The van der Waals surface area contributed by atoms with Crippen LogP contribution in [0.2, 0.25) is 0 Å². The highest BCUT2D eigenvalue weighted by atomic mass is 16.2. The molecule has 1 aromatic carbocycles. The molecule has 1 aliphatic heterocycles. The third-order valence-electron chi connectivity index (χ3n) is 5.16. The highest BCUT2D eigenvalue weighted by molar-refractivity contribution is 5.95. The van der Waals surface area contributed by atoms with Crippen LogP contribution < -0.4 is 4.90 Å². The number of ketones is 1. The second kappa shape index (κ2) is 6.64. The van der Waals surface area contributed by atoms with Gasteiger partial charge in [0.05, 0.1) is 5.69 Å². The number of carbonyl (C=O) groups is 2. The molecular weight excluding hydrogens is 274 g/mol. The highest BCUT2D eigenvalue weighted by Gasteiger charge is 2.26. The first-order valence-electron chi connectivity index (χ1n) is 8.58. The standard InChI is InChI=1S/C19H25NO2/c1-14(21)20-13-12-17-9-5-8-16(19(17)20)10-11-18(22)15-6-3-2-4-7-15/h5,8-9,15H,2-4,6-7,10-13H2,1H3. The van der Waals surface area contributed by atoms with E-state index in [4.69, 9.17) is 0 Å². The van der Waals surface area contributed by atoms with Gasteiger partial charge in [0.25, 0.3) is 0 Å². The second-order valence-electron chi connectivity index (χ2n) is 6.65. The normalized spacial score (nSPS) is 18.3. The van der Waals surface area contributed by atoms with Crippen molar-refractivity contribution in [3.05, 3.63) is 29.3 Å². The molecule has 2 aliphatic rings. The molecule has 0 atom stereocenters. The first-order valence-corrected chi connectivity index (χ1v) is 8.58. The van der Waals surface area contributed by atoms with Crippen molar-refractivity contribution < 1.29 is 9.59 Å². The fourth-order valence-corrected chi connectivity index (χ4v) is 3.94. The molecule has 1 aromatic rings. The minimum Gasteiger partial charge on any atom is -0.312 e. The molecule has 0 spiro atoms. The van der Waals surface area contributed by atoms with Crippen molar-refractivity contribution in [2.75, 3.05) is 11.4 Å². The molecule has 0 N–H and O–H groups in total. The number of aryl methyl sites for hydroxylation is 1. The van der Waals surface area contributed by atoms with E-state index in [1.54, 1.807) is 6.92 Å². The maximum atomic E-state index is 12.4. The van der Waals surface area contributed by atoms with Gasteiger partial charge in [-0.15, -0.1) is 0 Å². The monoisotopic (exact) mass is 299 g/mol. The lowest BCUT2D eigenvalue weighted by molar-refractivity contribution is -0.123. The van der Waals surface area contributed by atoms with Crippen molar-refractivity contribution in [2.24, 2.45) is 5.92 Å². The molecule has 1 aliphatic carbocycles. The molecule has 1 fully saturated rings. The van der Waals surface area contributed by atoms with Crippen molar-refractivity contribution in [2.45, 2.75) is 58.3 Å². The molecule has 3 nitrogen and oxygen atoms in total. The first-order chi connectivity index (χ1) is 10.7. The van der Waals surface area contributed by atoms with Crippen LogP contribution in [0.15, 0.2) is 18.2 Å². The zero-order valence-electron chi connectivity index (χ0n) is 13.4. The number of nitrogens with zero attached hydrogens (tertiary/aromatic N) is 1. The number of benzene rings is 1. The molecule has 1 saturated carbocycles. The van der Waals surface area contributed by atoms with Crippen molar-refractivity contribution in [1.29, 1.82) is 0 Å². The molecule has 1 heterocycles. The van der Waals surface area contributed by atoms with Crippen LogP contribution in [0, 0.1) is 5.92 Å². The van der Waals surface area contributed by atoms with Gasteiger partial charge in [0.15, 0.2) is 0 Å². The quantitative estimate of drug-likeness (QED) is 0.850. The maximum absolute atomic E-state index is 12.4. The number of para-hydroxylation sites is 1. The largest absolute Gasteiger partial charge is 0.312 e. The van der Waals surface area contributed by atoms with E-state index < -0.39 is 0 Å². The number of rotatable bonds is 4. The Kier molecular flexibility index (Phi) is 4.60. The third-order valence-corrected chi connectivity index (χ3v) is 5.16. The van der Waals surface area contributed by atoms with Crippen molar-refractivity contribution in [1.82, 2.24) is 0 Å². The summed E-state index contributed by atoms with van der Waals surface area (Å²) in [7, 11) is 0. The van der Waals surface area contributed by atoms with Gasteiger partial charge >= 0.3 is 0 Å². The lowest BCUT2D eigenvalue weighted by atomic mass is 9.84. The Morgan fingerprint density at radius 1 is 1.18 bits per heavy atom. The SMILES string of the molecule is CC(=O)N1CCc2cccc(CCC(=O)C3CCCCC3)c21. The van der Waals surface area contributed by atoms with Crippen LogP contribution >= 0.6 is 0 Å². The Bertz CT molecular complexity index is 573. The summed E-state index contributed by atoms with van der Waals surface area (Å²) in [6.07, 6.45) is 8.15. The van der Waals surface area contributed by atoms with Crippen molar-refractivity contribution >= 4 is 17.4 Å². The van der Waals surface area contributed by atoms with E-state index in [1.807, 2.05) is 4.90 Å². The van der Waals surface area contributed by atoms with Gasteiger partial charge in [-0.25, -0.2) is 0 Å². The van der Waals surface area contributed by atoms with Crippen LogP contribution in [0.4, 0.5) is 5.69 Å². The first kappa shape index (κ1) is 15.3. The van der Waals surface area contributed by atoms with Gasteiger partial charge in [-0.1, -0.05) is 37.5 Å². The van der Waals surface area contributed by atoms with E-state index in [0.717, 1.165) is 43.5 Å². The molecule has 0 unspecified atom stereocenters. The van der Waals surface area contributed by atoms with Gasteiger partial charge in [-0.2, -0.15) is 0 Å². The molecular formula is C19H25NO2. The van der Waals surface area contributed by atoms with Gasteiger partial charge in [0.2, 0.25) is 5.91 Å². The number of hydrogen-bond acceptors (Lipinski definition) is 2. The van der Waals surface area contributed by atoms with E-state index in [-0.39, 0.29) is 11.8 Å². The maximum Gasteiger partial charge on any atom is 0.223 e. The number of carbonyl (C=O) groups excluding carboxylic acids is 2. The zero-order valence-corrected chi connectivity index (χ0v) is 13.4. The van der Waals surface area contributed by atoms with E-state index in [1.165, 1.54) is 24.8 Å². The van der Waals surface area contributed by atoms with Gasteiger partial charge < -0.3 is 4.90 Å². The molecule has 22 heavy (non-hydrogen) atoms. The smallest absolute Gasteiger partial charge is 0.223 e. The third kappa shape index (κ3) is 3.08. The van der Waals surface area contributed by atoms with Crippen LogP contribution in [-0.2, 0) is 22.4 Å². The average Bonchev–Trinajstić information content (AvgIpc) is 2.98. The Labute approximate surface area is 132 Å². The van der Waals surface area contributed by atoms with Crippen LogP contribution in [0.3, 0.4) is 0 Å². The number of anilines is 1. The van der Waals surface area contributed by atoms with Gasteiger partial charge in [-0.05, 0) is 36.8 Å². The molecule has 0 bridgehead atoms. The fraction of sp³-hybridized carbons (Fsp3) is 0.579. The lowest BCUT2D eigenvalue weighted by Gasteiger charge is -2.21. The summed E-state index contributed by atoms with van der Waals surface area (Å²) in [5.74, 6) is 0.809. The van der Waals surface area contributed by atoms with Gasteiger partial charge in [0.1, 0.15) is 5.78 Å². The molecule has 3 heteroatoms. The summed E-state index contributed by atoms with van der Waals surface area (Å²) in [6, 6.07) is 6.24. The number of hydrogen-bond donors (Lipinski definition) is 0. The predicted molar refractivity (Wildman–Crippen MR) is 88.1 cm³/mol. The van der Waals surface area contributed by atoms with Crippen LogP contribution in [-0.4, -0.2) is 18.2 Å². The molecule has 0 saturated heterocycles. The van der Waals surface area contributed by atoms with E-state index in [2.05, 4.69) is 18.2 Å². The van der Waals surface area contributed by atoms with Gasteiger partial charge in [-0.3, -0.25) is 9.59 Å². The second-order valence-corrected chi connectivity index (χ2v) is 6.65. The highest BCUT2D eigenvalue weighted by Crippen LogP contribution is 2.33. The molecule has 0 radical (unpaired) electrons. The van der Waals surface area contributed by atoms with E-state index in [9.17, 15) is 9.59 Å². The van der Waals surface area contributed by atoms with E-state index in [0.29, 0.717) is 12.2 Å². The van der Waals surface area contributed by atoms with Crippen molar-refractivity contribution in [3.8, 4) is 0 Å². The molecule has 1 amide bonds. The predicted octanol–water partition coefficient (Wildman–Crippen LogP) is 3.68. The van der Waals surface area contributed by atoms with Crippen LogP contribution in [0.1, 0.15) is 56.6 Å². The summed E-state index contributed by atoms with van der Waals surface area (Å²) in [4.78, 5) is 26.1. The summed E-state index contributed by atoms with van der Waals surface area (Å²) in [6.45, 7) is 2.40. The molecule has 118 valence electrons. The minimum atomic E-state index is 0.102. The molecule has 0 aromatic heterocycles. The minimum absolute atomic E-state index is 0.102.